The highest BCUT2D eigenvalue weighted by atomic mass is 19.1. The van der Waals surface area contributed by atoms with Crippen molar-refractivity contribution in [2.75, 3.05) is 13.7 Å². The predicted octanol–water partition coefficient (Wildman–Crippen LogP) is 2.70. The van der Waals surface area contributed by atoms with Gasteiger partial charge in [-0.25, -0.2) is 4.39 Å². The van der Waals surface area contributed by atoms with Crippen LogP contribution >= 0.6 is 0 Å². The third-order valence-corrected chi connectivity index (χ3v) is 4.41. The van der Waals surface area contributed by atoms with Crippen molar-refractivity contribution in [3.05, 3.63) is 29.6 Å². The van der Waals surface area contributed by atoms with E-state index in [1.807, 2.05) is 11.8 Å². The van der Waals surface area contributed by atoms with E-state index in [-0.39, 0.29) is 23.9 Å². The first-order valence-electron chi connectivity index (χ1n) is 7.37. The summed E-state index contributed by atoms with van der Waals surface area (Å²) in [4.78, 5) is 14.0. The number of hydrogen-bond donors (Lipinski definition) is 1. The summed E-state index contributed by atoms with van der Waals surface area (Å²) in [5.74, 6) is 0.250. The van der Waals surface area contributed by atoms with Gasteiger partial charge in [0, 0.05) is 6.04 Å². The van der Waals surface area contributed by atoms with Gasteiger partial charge in [-0.05, 0) is 30.5 Å². The van der Waals surface area contributed by atoms with E-state index in [0.717, 1.165) is 12.0 Å². The van der Waals surface area contributed by atoms with Gasteiger partial charge in [-0.1, -0.05) is 26.3 Å². The SMILES string of the molecule is CCC(C)C(C)N1C(=O)CNC1c1ccc(OC)c(F)c1. The van der Waals surface area contributed by atoms with E-state index in [1.54, 1.807) is 12.1 Å². The van der Waals surface area contributed by atoms with Gasteiger partial charge in [-0.15, -0.1) is 0 Å². The Morgan fingerprint density at radius 2 is 2.19 bits per heavy atom. The van der Waals surface area contributed by atoms with Gasteiger partial charge in [-0.3, -0.25) is 10.1 Å². The first-order valence-corrected chi connectivity index (χ1v) is 7.37. The van der Waals surface area contributed by atoms with Crippen molar-refractivity contribution >= 4 is 5.91 Å². The first kappa shape index (κ1) is 15.8. The normalized spacial score (nSPS) is 21.5. The molecule has 4 nitrogen and oxygen atoms in total. The summed E-state index contributed by atoms with van der Waals surface area (Å²) in [7, 11) is 1.44. The van der Waals surface area contributed by atoms with Crippen LogP contribution in [-0.4, -0.2) is 30.5 Å². The fraction of sp³-hybridized carbons (Fsp3) is 0.562. The number of methoxy groups -OCH3 is 1. The average Bonchev–Trinajstić information content (AvgIpc) is 2.87. The Morgan fingerprint density at radius 3 is 2.76 bits per heavy atom. The van der Waals surface area contributed by atoms with E-state index < -0.39 is 5.82 Å². The van der Waals surface area contributed by atoms with Gasteiger partial charge in [0.2, 0.25) is 5.91 Å². The molecule has 0 bridgehead atoms. The molecule has 21 heavy (non-hydrogen) atoms. The molecule has 1 fully saturated rings. The van der Waals surface area contributed by atoms with Gasteiger partial charge in [0.05, 0.1) is 13.7 Å². The Balaban J connectivity index is 2.29. The van der Waals surface area contributed by atoms with E-state index >= 15 is 0 Å². The second-order valence-electron chi connectivity index (χ2n) is 5.60. The summed E-state index contributed by atoms with van der Waals surface area (Å²) in [6, 6.07) is 4.94. The maximum absolute atomic E-state index is 13.9. The minimum atomic E-state index is -0.410. The summed E-state index contributed by atoms with van der Waals surface area (Å²) < 4.78 is 18.8. The van der Waals surface area contributed by atoms with E-state index in [0.29, 0.717) is 12.5 Å². The number of nitrogens with one attached hydrogen (secondary N) is 1. The van der Waals surface area contributed by atoms with Crippen molar-refractivity contribution < 1.29 is 13.9 Å². The molecule has 2 rings (SSSR count). The third kappa shape index (κ3) is 3.02. The topological polar surface area (TPSA) is 41.6 Å². The number of amides is 1. The number of hydrogen-bond acceptors (Lipinski definition) is 3. The molecule has 1 aliphatic heterocycles. The molecular formula is C16H23FN2O2. The van der Waals surface area contributed by atoms with Gasteiger partial charge < -0.3 is 9.64 Å². The summed E-state index contributed by atoms with van der Waals surface area (Å²) in [5.41, 5.74) is 0.745. The van der Waals surface area contributed by atoms with Crippen LogP contribution in [0.4, 0.5) is 4.39 Å². The van der Waals surface area contributed by atoms with Crippen molar-refractivity contribution in [2.24, 2.45) is 5.92 Å². The maximum atomic E-state index is 13.9. The Hall–Kier alpha value is -1.62. The standard InChI is InChI=1S/C16H23FN2O2/c1-5-10(2)11(3)19-15(20)9-18-16(19)12-6-7-14(21-4)13(17)8-12/h6-8,10-11,16,18H,5,9H2,1-4H3. The third-order valence-electron chi connectivity index (χ3n) is 4.41. The van der Waals surface area contributed by atoms with E-state index in [4.69, 9.17) is 4.74 Å². The highest BCUT2D eigenvalue weighted by Gasteiger charge is 2.36. The van der Waals surface area contributed by atoms with Crippen LogP contribution < -0.4 is 10.1 Å². The van der Waals surface area contributed by atoms with Gasteiger partial charge >= 0.3 is 0 Å². The summed E-state index contributed by atoms with van der Waals surface area (Å²) in [6.45, 7) is 6.57. The van der Waals surface area contributed by atoms with Gasteiger partial charge in [-0.2, -0.15) is 0 Å². The van der Waals surface area contributed by atoms with Crippen molar-refractivity contribution in [3.8, 4) is 5.75 Å². The zero-order valence-electron chi connectivity index (χ0n) is 13.0. The lowest BCUT2D eigenvalue weighted by atomic mass is 9.98. The highest BCUT2D eigenvalue weighted by molar-refractivity contribution is 5.81. The van der Waals surface area contributed by atoms with Crippen molar-refractivity contribution in [1.29, 1.82) is 0 Å². The molecule has 1 aromatic carbocycles. The molecule has 0 radical (unpaired) electrons. The molecule has 3 unspecified atom stereocenters. The zero-order chi connectivity index (χ0) is 15.6. The molecular weight excluding hydrogens is 271 g/mol. The number of carbonyl (C=O) groups is 1. The first-order chi connectivity index (χ1) is 9.99. The van der Waals surface area contributed by atoms with Gasteiger partial charge in [0.1, 0.15) is 6.17 Å². The monoisotopic (exact) mass is 294 g/mol. The molecule has 0 spiro atoms. The van der Waals surface area contributed by atoms with Crippen LogP contribution in [0.2, 0.25) is 0 Å². The minimum Gasteiger partial charge on any atom is -0.494 e. The maximum Gasteiger partial charge on any atom is 0.238 e. The minimum absolute atomic E-state index is 0.0593. The van der Waals surface area contributed by atoms with E-state index in [1.165, 1.54) is 13.2 Å². The number of ether oxygens (including phenoxy) is 1. The summed E-state index contributed by atoms with van der Waals surface area (Å²) >= 11 is 0. The molecule has 0 aliphatic carbocycles. The lowest BCUT2D eigenvalue weighted by Crippen LogP contribution is -2.41. The molecule has 1 aliphatic rings. The highest BCUT2D eigenvalue weighted by Crippen LogP contribution is 2.30. The Bertz CT molecular complexity index is 521. The van der Waals surface area contributed by atoms with Crippen LogP contribution in [0.1, 0.15) is 38.9 Å². The number of halogens is 1. The van der Waals surface area contributed by atoms with Crippen LogP contribution in [0.25, 0.3) is 0 Å². The molecule has 1 heterocycles. The van der Waals surface area contributed by atoms with Gasteiger partial charge in [0.25, 0.3) is 0 Å². The Labute approximate surface area is 125 Å². The van der Waals surface area contributed by atoms with Crippen LogP contribution in [0.15, 0.2) is 18.2 Å². The number of carbonyl (C=O) groups excluding carboxylic acids is 1. The number of nitrogens with zero attached hydrogens (tertiary/aromatic N) is 1. The number of benzene rings is 1. The van der Waals surface area contributed by atoms with Crippen molar-refractivity contribution in [3.63, 3.8) is 0 Å². The smallest absolute Gasteiger partial charge is 0.238 e. The lowest BCUT2D eigenvalue weighted by molar-refractivity contribution is -0.131. The van der Waals surface area contributed by atoms with Crippen LogP contribution in [0.5, 0.6) is 5.75 Å². The number of rotatable bonds is 5. The lowest BCUT2D eigenvalue weighted by Gasteiger charge is -2.34. The predicted molar refractivity (Wildman–Crippen MR) is 79.5 cm³/mol. The molecule has 3 atom stereocenters. The fourth-order valence-electron chi connectivity index (χ4n) is 2.73. The quantitative estimate of drug-likeness (QED) is 0.908. The molecule has 1 N–H and O–H groups in total. The molecule has 116 valence electrons. The Kier molecular flexibility index (Phi) is 4.83. The summed E-state index contributed by atoms with van der Waals surface area (Å²) in [5, 5.41) is 3.17. The molecule has 0 aromatic heterocycles. The molecule has 1 amide bonds. The molecule has 1 aromatic rings. The van der Waals surface area contributed by atoms with Gasteiger partial charge in [0.15, 0.2) is 11.6 Å². The molecule has 1 saturated heterocycles. The van der Waals surface area contributed by atoms with E-state index in [9.17, 15) is 9.18 Å². The summed E-state index contributed by atoms with van der Waals surface area (Å²) in [6.07, 6.45) is 0.719. The molecule has 5 heteroatoms. The fourth-order valence-corrected chi connectivity index (χ4v) is 2.73. The van der Waals surface area contributed by atoms with E-state index in [2.05, 4.69) is 19.2 Å². The zero-order valence-corrected chi connectivity index (χ0v) is 13.0. The Morgan fingerprint density at radius 1 is 1.48 bits per heavy atom. The van der Waals surface area contributed by atoms with Crippen LogP contribution in [0.3, 0.4) is 0 Å². The van der Waals surface area contributed by atoms with Crippen LogP contribution in [-0.2, 0) is 4.79 Å². The average molecular weight is 294 g/mol. The largest absolute Gasteiger partial charge is 0.494 e. The second kappa shape index (κ2) is 6.43. The van der Waals surface area contributed by atoms with Crippen molar-refractivity contribution in [2.45, 2.75) is 39.4 Å². The van der Waals surface area contributed by atoms with Crippen molar-refractivity contribution in [1.82, 2.24) is 10.2 Å². The molecule has 0 saturated carbocycles. The second-order valence-corrected chi connectivity index (χ2v) is 5.60. The van der Waals surface area contributed by atoms with Crippen LogP contribution in [0, 0.1) is 11.7 Å².